The van der Waals surface area contributed by atoms with E-state index in [4.69, 9.17) is 0 Å². The van der Waals surface area contributed by atoms with E-state index < -0.39 is 4.92 Å². The van der Waals surface area contributed by atoms with Gasteiger partial charge in [0.25, 0.3) is 0 Å². The smallest absolute Gasteiger partial charge is 0.353 e. The summed E-state index contributed by atoms with van der Waals surface area (Å²) in [5.74, 6) is 1.49. The molecule has 0 aliphatic carbocycles. The lowest BCUT2D eigenvalue weighted by atomic mass is 10.4. The topological polar surface area (TPSA) is 93.0 Å². The highest BCUT2D eigenvalue weighted by Crippen LogP contribution is 2.32. The van der Waals surface area contributed by atoms with E-state index >= 15 is 0 Å². The molecule has 0 radical (unpaired) electrons. The first kappa shape index (κ1) is 17.5. The molecule has 0 saturated heterocycles. The van der Waals surface area contributed by atoms with Gasteiger partial charge in [-0.1, -0.05) is 32.5 Å². The zero-order valence-corrected chi connectivity index (χ0v) is 13.6. The van der Waals surface area contributed by atoms with Crippen molar-refractivity contribution in [2.75, 3.05) is 29.5 Å². The van der Waals surface area contributed by atoms with Gasteiger partial charge < -0.3 is 10.6 Å². The van der Waals surface area contributed by atoms with Gasteiger partial charge >= 0.3 is 5.69 Å². The van der Waals surface area contributed by atoms with Gasteiger partial charge in [0.15, 0.2) is 5.16 Å². The van der Waals surface area contributed by atoms with Crippen LogP contribution >= 0.6 is 11.8 Å². The van der Waals surface area contributed by atoms with Crippen molar-refractivity contribution in [1.82, 2.24) is 9.97 Å². The molecule has 7 nitrogen and oxygen atoms in total. The number of aromatic nitrogens is 2. The van der Waals surface area contributed by atoms with Crippen LogP contribution in [-0.2, 0) is 0 Å². The Bertz CT molecular complexity index is 441. The van der Waals surface area contributed by atoms with Crippen molar-refractivity contribution in [1.29, 1.82) is 0 Å². The Kier molecular flexibility index (Phi) is 7.81. The summed E-state index contributed by atoms with van der Waals surface area (Å²) in [6.07, 6.45) is 2.74. The molecule has 1 heterocycles. The van der Waals surface area contributed by atoms with Crippen LogP contribution in [0.25, 0.3) is 0 Å². The lowest BCUT2D eigenvalue weighted by Gasteiger charge is -2.11. The molecule has 0 aliphatic heterocycles. The lowest BCUT2D eigenvalue weighted by Crippen LogP contribution is -2.12. The molecule has 0 amide bonds. The average Bonchev–Trinajstić information content (AvgIpc) is 2.47. The second kappa shape index (κ2) is 9.38. The molecule has 0 aromatic carbocycles. The molecule has 1 rings (SSSR count). The second-order valence-corrected chi connectivity index (χ2v) is 5.57. The zero-order valence-electron chi connectivity index (χ0n) is 12.8. The minimum atomic E-state index is -0.426. The summed E-state index contributed by atoms with van der Waals surface area (Å²) in [6, 6.07) is 0. The maximum absolute atomic E-state index is 11.3. The number of rotatable bonds is 10. The van der Waals surface area contributed by atoms with Crippen LogP contribution in [0.2, 0.25) is 0 Å². The first-order chi connectivity index (χ1) is 10.1. The Labute approximate surface area is 129 Å². The van der Waals surface area contributed by atoms with Crippen molar-refractivity contribution in [3.8, 4) is 0 Å². The molecule has 1 aromatic heterocycles. The van der Waals surface area contributed by atoms with Gasteiger partial charge in [-0.3, -0.25) is 10.1 Å². The van der Waals surface area contributed by atoms with Crippen LogP contribution in [-0.4, -0.2) is 33.7 Å². The van der Waals surface area contributed by atoms with Crippen LogP contribution in [0.1, 0.15) is 40.0 Å². The predicted octanol–water partition coefficient (Wildman–Crippen LogP) is 3.53. The van der Waals surface area contributed by atoms with Crippen molar-refractivity contribution >= 4 is 29.1 Å². The number of nitro groups is 1. The van der Waals surface area contributed by atoms with E-state index in [2.05, 4.69) is 27.5 Å². The molecule has 0 unspecified atom stereocenters. The van der Waals surface area contributed by atoms with E-state index in [0.29, 0.717) is 29.9 Å². The molecule has 0 atom stereocenters. The van der Waals surface area contributed by atoms with Crippen molar-refractivity contribution in [2.45, 2.75) is 45.2 Å². The summed E-state index contributed by atoms with van der Waals surface area (Å²) >= 11 is 1.51. The quantitative estimate of drug-likeness (QED) is 0.295. The molecule has 0 saturated carbocycles. The Balaban J connectivity index is 3.17. The minimum absolute atomic E-state index is 0.0715. The molecule has 0 bridgehead atoms. The number of hydrogen-bond donors (Lipinski definition) is 2. The number of nitrogens with zero attached hydrogens (tertiary/aromatic N) is 3. The first-order valence-electron chi connectivity index (χ1n) is 7.30. The molecule has 118 valence electrons. The standard InChI is InChI=1S/C13H23N5O2S/c1-4-7-14-11-10(18(19)20)12(15-8-5-2)17-13(16-11)21-9-6-3/h4-9H2,1-3H3,(H2,14,15,16,17). The summed E-state index contributed by atoms with van der Waals surface area (Å²) in [5.41, 5.74) is -0.0715. The molecular weight excluding hydrogens is 290 g/mol. The van der Waals surface area contributed by atoms with Crippen LogP contribution < -0.4 is 10.6 Å². The third-order valence-electron chi connectivity index (χ3n) is 2.57. The summed E-state index contributed by atoms with van der Waals surface area (Å²) in [5, 5.41) is 18.0. The maximum atomic E-state index is 11.3. The van der Waals surface area contributed by atoms with Gasteiger partial charge in [0.05, 0.1) is 4.92 Å². The van der Waals surface area contributed by atoms with Gasteiger partial charge in [-0.25, -0.2) is 0 Å². The fourth-order valence-corrected chi connectivity index (χ4v) is 2.30. The van der Waals surface area contributed by atoms with Crippen LogP contribution in [0.4, 0.5) is 17.3 Å². The number of anilines is 2. The van der Waals surface area contributed by atoms with Crippen molar-refractivity contribution < 1.29 is 4.92 Å². The molecule has 2 N–H and O–H groups in total. The number of nitrogens with one attached hydrogen (secondary N) is 2. The molecule has 8 heteroatoms. The normalized spacial score (nSPS) is 10.4. The summed E-state index contributed by atoms with van der Waals surface area (Å²) in [7, 11) is 0. The maximum Gasteiger partial charge on any atom is 0.353 e. The Morgan fingerprint density at radius 1 is 1.05 bits per heavy atom. The second-order valence-electron chi connectivity index (χ2n) is 4.51. The van der Waals surface area contributed by atoms with Crippen molar-refractivity contribution in [3.63, 3.8) is 0 Å². The van der Waals surface area contributed by atoms with E-state index in [-0.39, 0.29) is 5.69 Å². The fourth-order valence-electron chi connectivity index (χ4n) is 1.60. The van der Waals surface area contributed by atoms with E-state index in [1.807, 2.05) is 13.8 Å². The Morgan fingerprint density at radius 2 is 1.57 bits per heavy atom. The van der Waals surface area contributed by atoms with Crippen LogP contribution in [0.5, 0.6) is 0 Å². The van der Waals surface area contributed by atoms with Crippen molar-refractivity contribution in [2.24, 2.45) is 0 Å². The summed E-state index contributed by atoms with van der Waals surface area (Å²) in [6.45, 7) is 7.36. The molecule has 0 spiro atoms. The molecule has 0 fully saturated rings. The van der Waals surface area contributed by atoms with Crippen LogP contribution in [0.15, 0.2) is 5.16 Å². The van der Waals surface area contributed by atoms with Gasteiger partial charge in [-0.15, -0.1) is 0 Å². The monoisotopic (exact) mass is 313 g/mol. The SMILES string of the molecule is CCCNc1nc(SCCC)nc(NCCC)c1[N+](=O)[O-]. The Hall–Kier alpha value is -1.57. The fraction of sp³-hybridized carbons (Fsp3) is 0.692. The third-order valence-corrected chi connectivity index (χ3v) is 3.62. The van der Waals surface area contributed by atoms with E-state index in [1.165, 1.54) is 11.8 Å². The highest BCUT2D eigenvalue weighted by molar-refractivity contribution is 7.99. The molecular formula is C13H23N5O2S. The summed E-state index contributed by atoms with van der Waals surface area (Å²) < 4.78 is 0. The average molecular weight is 313 g/mol. The number of thioether (sulfide) groups is 1. The minimum Gasteiger partial charge on any atom is -0.364 e. The highest BCUT2D eigenvalue weighted by Gasteiger charge is 2.24. The molecule has 1 aromatic rings. The Morgan fingerprint density at radius 3 is 1.95 bits per heavy atom. The van der Waals surface area contributed by atoms with Crippen molar-refractivity contribution in [3.05, 3.63) is 10.1 Å². The van der Waals surface area contributed by atoms with Gasteiger partial charge in [0.1, 0.15) is 0 Å². The predicted molar refractivity (Wildman–Crippen MR) is 87.3 cm³/mol. The van der Waals surface area contributed by atoms with Gasteiger partial charge in [-0.2, -0.15) is 9.97 Å². The lowest BCUT2D eigenvalue weighted by molar-refractivity contribution is -0.383. The molecule has 0 aliphatic rings. The first-order valence-corrected chi connectivity index (χ1v) is 8.29. The van der Waals surface area contributed by atoms with Gasteiger partial charge in [0, 0.05) is 18.8 Å². The molecule has 21 heavy (non-hydrogen) atoms. The number of hydrogen-bond acceptors (Lipinski definition) is 7. The highest BCUT2D eigenvalue weighted by atomic mass is 32.2. The van der Waals surface area contributed by atoms with E-state index in [0.717, 1.165) is 25.0 Å². The summed E-state index contributed by atoms with van der Waals surface area (Å²) in [4.78, 5) is 19.5. The van der Waals surface area contributed by atoms with Crippen LogP contribution in [0, 0.1) is 10.1 Å². The van der Waals surface area contributed by atoms with Gasteiger partial charge in [0.2, 0.25) is 11.6 Å². The van der Waals surface area contributed by atoms with Gasteiger partial charge in [-0.05, 0) is 19.3 Å². The van der Waals surface area contributed by atoms with Crippen LogP contribution in [0.3, 0.4) is 0 Å². The van der Waals surface area contributed by atoms with E-state index in [9.17, 15) is 10.1 Å². The largest absolute Gasteiger partial charge is 0.364 e. The zero-order chi connectivity index (χ0) is 15.7. The van der Waals surface area contributed by atoms with E-state index in [1.54, 1.807) is 0 Å². The third kappa shape index (κ3) is 5.37.